The number of aliphatic hydroxyl groups excluding tert-OH is 2. The molecule has 0 aliphatic heterocycles. The predicted octanol–water partition coefficient (Wildman–Crippen LogP) is 18.2. The Balaban J connectivity index is 4.69. The minimum atomic E-state index is -4.94. The first-order valence-electron chi connectivity index (χ1n) is 33.1. The molecule has 0 saturated carbocycles. The molecule has 5 atom stereocenters. The van der Waals surface area contributed by atoms with Gasteiger partial charge in [-0.15, -0.1) is 0 Å². The van der Waals surface area contributed by atoms with Crippen LogP contribution in [0, 0.1) is 0 Å². The molecule has 5 unspecified atom stereocenters. The normalized spacial score (nSPS) is 15.2. The maximum Gasteiger partial charge on any atom is 0.472 e. The molecule has 0 aromatic carbocycles. The molecule has 0 radical (unpaired) electrons. The van der Waals surface area contributed by atoms with E-state index in [1.165, 1.54) is 25.7 Å². The highest BCUT2D eigenvalue weighted by Crippen LogP contribution is 2.45. The average molecular weight is 1290 g/mol. The van der Waals surface area contributed by atoms with Gasteiger partial charge in [-0.25, -0.2) is 9.13 Å². The van der Waals surface area contributed by atoms with Gasteiger partial charge in [0.1, 0.15) is 25.4 Å². The molecule has 0 aliphatic carbocycles. The number of ether oxygens (including phenoxy) is 3. The van der Waals surface area contributed by atoms with Crippen LogP contribution in [0.4, 0.5) is 0 Å². The van der Waals surface area contributed by atoms with Crippen LogP contribution in [-0.2, 0) is 55.8 Å². The van der Waals surface area contributed by atoms with E-state index >= 15 is 0 Å². The molecule has 0 spiro atoms. The lowest BCUT2D eigenvalue weighted by atomic mass is 10.1. The molecule has 18 heteroatoms. The summed E-state index contributed by atoms with van der Waals surface area (Å²) < 4.78 is 60.7. The molecule has 0 saturated heterocycles. The fourth-order valence-corrected chi connectivity index (χ4v) is 9.60. The number of unbranched alkanes of at least 4 members (excludes halogenated alkanes) is 14. The lowest BCUT2D eigenvalue weighted by molar-refractivity contribution is -0.161. The van der Waals surface area contributed by atoms with Gasteiger partial charge in [0.25, 0.3) is 0 Å². The van der Waals surface area contributed by atoms with Gasteiger partial charge in [-0.3, -0.25) is 32.5 Å². The zero-order chi connectivity index (χ0) is 65.3. The van der Waals surface area contributed by atoms with Gasteiger partial charge >= 0.3 is 33.6 Å². The van der Waals surface area contributed by atoms with Crippen LogP contribution in [0.3, 0.4) is 0 Å². The monoisotopic (exact) mass is 1290 g/mol. The maximum absolute atomic E-state index is 12.9. The first kappa shape index (κ1) is 84.4. The van der Waals surface area contributed by atoms with Gasteiger partial charge in [-0.1, -0.05) is 218 Å². The van der Waals surface area contributed by atoms with E-state index in [0.29, 0.717) is 25.7 Å². The lowest BCUT2D eigenvalue weighted by Gasteiger charge is -2.21. The molecule has 0 heterocycles. The Labute approximate surface area is 537 Å². The van der Waals surface area contributed by atoms with Crippen LogP contribution in [0.5, 0.6) is 0 Å². The van der Waals surface area contributed by atoms with Crippen molar-refractivity contribution < 1.29 is 75.8 Å². The smallest absolute Gasteiger partial charge is 0.463 e. The molecule has 0 aromatic rings. The van der Waals surface area contributed by atoms with Gasteiger partial charge in [-0.2, -0.15) is 0 Å². The van der Waals surface area contributed by atoms with Gasteiger partial charge in [-0.05, 0) is 135 Å². The van der Waals surface area contributed by atoms with Gasteiger partial charge in [0, 0.05) is 19.3 Å². The third-order valence-electron chi connectivity index (χ3n) is 13.0. The minimum absolute atomic E-state index is 0.0772. The molecule has 16 nitrogen and oxygen atoms in total. The second kappa shape index (κ2) is 63.6. The van der Waals surface area contributed by atoms with Crippen LogP contribution in [-0.4, -0.2) is 95.9 Å². The fraction of sp³-hybridized carbons (Fsp3) is 0.620. The van der Waals surface area contributed by atoms with E-state index in [-0.39, 0.29) is 19.3 Å². The van der Waals surface area contributed by atoms with Crippen molar-refractivity contribution in [3.63, 3.8) is 0 Å². The molecule has 506 valence electrons. The summed E-state index contributed by atoms with van der Waals surface area (Å²) in [6, 6.07) is 0. The minimum Gasteiger partial charge on any atom is -0.463 e. The molecule has 0 rings (SSSR count). The van der Waals surface area contributed by atoms with Crippen molar-refractivity contribution in [3.05, 3.63) is 146 Å². The second-order valence-electron chi connectivity index (χ2n) is 21.5. The number of phosphoric ester groups is 2. The van der Waals surface area contributed by atoms with Gasteiger partial charge < -0.3 is 34.2 Å². The van der Waals surface area contributed by atoms with Crippen LogP contribution < -0.4 is 0 Å². The Bertz CT molecular complexity index is 2210. The van der Waals surface area contributed by atoms with Crippen molar-refractivity contribution in [3.8, 4) is 0 Å². The van der Waals surface area contributed by atoms with Crippen molar-refractivity contribution >= 4 is 33.6 Å². The SMILES string of the molecule is CC/C=C\C/C=C\C/C=C\C/C=C\C/C=C\C/C=C\CCCCCCC(=O)OCC(O)COP(=O)(O)OCC(O)COP(=O)(O)OCC(COC(=O)CCC/C=C\C/C=C\C/C=C\C/C=C\C/C=C\CC)OC(=O)CCCCCCC/C=C\CCCCCC. The summed E-state index contributed by atoms with van der Waals surface area (Å²) in [5, 5.41) is 20.5. The van der Waals surface area contributed by atoms with Crippen molar-refractivity contribution in [1.82, 2.24) is 0 Å². The zero-order valence-electron chi connectivity index (χ0n) is 54.5. The van der Waals surface area contributed by atoms with Crippen LogP contribution in [0.15, 0.2) is 146 Å². The van der Waals surface area contributed by atoms with E-state index in [1.807, 2.05) is 12.2 Å². The highest BCUT2D eigenvalue weighted by Gasteiger charge is 2.29. The number of aliphatic hydroxyl groups is 2. The largest absolute Gasteiger partial charge is 0.472 e. The van der Waals surface area contributed by atoms with E-state index in [9.17, 15) is 43.5 Å². The van der Waals surface area contributed by atoms with Crippen LogP contribution in [0.1, 0.15) is 226 Å². The molecule has 0 aliphatic rings. The van der Waals surface area contributed by atoms with Crippen LogP contribution in [0.2, 0.25) is 0 Å². The molecule has 0 bridgehead atoms. The highest BCUT2D eigenvalue weighted by molar-refractivity contribution is 7.47. The van der Waals surface area contributed by atoms with E-state index in [0.717, 1.165) is 135 Å². The third kappa shape index (κ3) is 64.8. The van der Waals surface area contributed by atoms with Crippen LogP contribution >= 0.6 is 15.6 Å². The Morgan fingerprint density at radius 1 is 0.326 bits per heavy atom. The van der Waals surface area contributed by atoms with E-state index in [4.69, 9.17) is 32.3 Å². The number of carbonyl (C=O) groups is 3. The molecule has 0 amide bonds. The maximum atomic E-state index is 12.9. The second-order valence-corrected chi connectivity index (χ2v) is 24.4. The van der Waals surface area contributed by atoms with E-state index in [1.54, 1.807) is 0 Å². The topological polar surface area (TPSA) is 231 Å². The van der Waals surface area contributed by atoms with Crippen molar-refractivity contribution in [2.24, 2.45) is 0 Å². The third-order valence-corrected chi connectivity index (χ3v) is 14.9. The Morgan fingerprint density at radius 2 is 0.607 bits per heavy atom. The number of hydrogen-bond donors (Lipinski definition) is 4. The average Bonchev–Trinajstić information content (AvgIpc) is 3.72. The molecule has 0 aromatic heterocycles. The number of carbonyl (C=O) groups excluding carboxylic acids is 3. The van der Waals surface area contributed by atoms with Gasteiger partial charge in [0.2, 0.25) is 0 Å². The summed E-state index contributed by atoms with van der Waals surface area (Å²) in [6.45, 7) is 2.28. The predicted molar refractivity (Wildman–Crippen MR) is 362 cm³/mol. The van der Waals surface area contributed by atoms with Gasteiger partial charge in [0.05, 0.1) is 26.4 Å². The summed E-state index contributed by atoms with van der Waals surface area (Å²) >= 11 is 0. The quantitative estimate of drug-likeness (QED) is 0.0146. The summed E-state index contributed by atoms with van der Waals surface area (Å²) in [5.74, 6) is -1.69. The number of hydrogen-bond acceptors (Lipinski definition) is 14. The number of phosphoric acid groups is 2. The first-order chi connectivity index (χ1) is 43.2. The Kier molecular flexibility index (Phi) is 60.3. The lowest BCUT2D eigenvalue weighted by Crippen LogP contribution is -2.30. The molecule has 4 N–H and O–H groups in total. The molecular formula is C71H116O16P2. The Morgan fingerprint density at radius 3 is 1.00 bits per heavy atom. The molecule has 89 heavy (non-hydrogen) atoms. The van der Waals surface area contributed by atoms with Crippen molar-refractivity contribution in [2.45, 2.75) is 245 Å². The summed E-state index contributed by atoms with van der Waals surface area (Å²) in [6.07, 6.45) is 74.9. The highest BCUT2D eigenvalue weighted by atomic mass is 31.2. The van der Waals surface area contributed by atoms with Crippen molar-refractivity contribution in [1.29, 1.82) is 0 Å². The van der Waals surface area contributed by atoms with Crippen molar-refractivity contribution in [2.75, 3.05) is 39.6 Å². The number of esters is 3. The number of allylic oxidation sites excluding steroid dienone is 24. The van der Waals surface area contributed by atoms with E-state index in [2.05, 4.69) is 154 Å². The van der Waals surface area contributed by atoms with Crippen LogP contribution in [0.25, 0.3) is 0 Å². The fourth-order valence-electron chi connectivity index (χ4n) is 8.01. The standard InChI is InChI=1S/C71H116O16P2/c1-4-7-10-13-16-19-22-25-27-29-30-31-32-33-34-36-38-40-42-45-48-51-54-57-69(74)81-60-66(72)61-83-88(77,78)84-62-67(73)63-85-89(79,80)86-65-68(87-71(76)59-56-53-50-47-44-39-24-21-18-15-12-9-6-3)64-82-70(75)58-55-52-49-46-43-41-37-35-28-26-23-20-17-14-11-8-5-2/h7-8,10-11,16-17,19-21,24-28,30-31,33-34,37-38,40-41,46,49,66-68,72-73H,4-6,9,12-15,18,22-23,29,32,35-36,39,42-45,47-48,50-65H2,1-3H3,(H,77,78)(H,79,80)/b10-7-,11-8-,19-16-,20-17-,24-21-,27-25-,28-26-,31-30-,34-33-,40-38-,41-37-,49-46-. The summed E-state index contributed by atoms with van der Waals surface area (Å²) in [4.78, 5) is 58.3. The summed E-state index contributed by atoms with van der Waals surface area (Å²) in [5.41, 5.74) is 0. The van der Waals surface area contributed by atoms with Gasteiger partial charge in [0.15, 0.2) is 6.10 Å². The molecular weight excluding hydrogens is 1170 g/mol. The van der Waals surface area contributed by atoms with E-state index < -0.39 is 91.5 Å². The first-order valence-corrected chi connectivity index (χ1v) is 36.1. The number of rotatable bonds is 61. The zero-order valence-corrected chi connectivity index (χ0v) is 56.3. The summed E-state index contributed by atoms with van der Waals surface area (Å²) in [7, 11) is -9.81. The Hall–Kier alpha value is -4.57. The molecule has 0 fully saturated rings.